The van der Waals surface area contributed by atoms with E-state index in [1.165, 1.54) is 0 Å². The summed E-state index contributed by atoms with van der Waals surface area (Å²) in [5, 5.41) is 0. The van der Waals surface area contributed by atoms with Gasteiger partial charge in [0.05, 0.1) is 6.42 Å². The van der Waals surface area contributed by atoms with Crippen molar-refractivity contribution < 1.29 is 13.2 Å². The van der Waals surface area contributed by atoms with Crippen LogP contribution in [0.1, 0.15) is 20.3 Å². The first-order valence-electron chi connectivity index (χ1n) is 4.03. The molecular formula is C8H15ClF3N. The number of hydrogen-bond acceptors (Lipinski definition) is 1. The first-order valence-corrected chi connectivity index (χ1v) is 4.56. The van der Waals surface area contributed by atoms with Gasteiger partial charge in [-0.05, 0) is 20.9 Å². The summed E-state index contributed by atoms with van der Waals surface area (Å²) in [7, 11) is 1.65. The maximum Gasteiger partial charge on any atom is 0.390 e. The number of alkyl halides is 4. The van der Waals surface area contributed by atoms with Crippen LogP contribution < -0.4 is 0 Å². The molecule has 0 fully saturated rings. The summed E-state index contributed by atoms with van der Waals surface area (Å²) >= 11 is 5.62. The van der Waals surface area contributed by atoms with Crippen molar-refractivity contribution in [2.24, 2.45) is 0 Å². The molecule has 0 N–H and O–H groups in total. The monoisotopic (exact) mass is 217 g/mol. The van der Waals surface area contributed by atoms with Crippen LogP contribution in [-0.4, -0.2) is 36.1 Å². The summed E-state index contributed by atoms with van der Waals surface area (Å²) in [4.78, 5) is 1.62. The van der Waals surface area contributed by atoms with E-state index in [9.17, 15) is 13.2 Å². The Bertz CT molecular complexity index is 156. The van der Waals surface area contributed by atoms with Crippen molar-refractivity contribution in [2.75, 3.05) is 19.5 Å². The van der Waals surface area contributed by atoms with E-state index < -0.39 is 12.6 Å². The molecule has 13 heavy (non-hydrogen) atoms. The molecule has 80 valence electrons. The van der Waals surface area contributed by atoms with Crippen LogP contribution in [0.4, 0.5) is 13.2 Å². The lowest BCUT2D eigenvalue weighted by Gasteiger charge is -2.33. The summed E-state index contributed by atoms with van der Waals surface area (Å²) in [5.74, 6) is 0.321. The van der Waals surface area contributed by atoms with E-state index in [0.717, 1.165) is 0 Å². The van der Waals surface area contributed by atoms with Gasteiger partial charge < -0.3 is 0 Å². The molecule has 0 saturated carbocycles. The predicted molar refractivity (Wildman–Crippen MR) is 48.1 cm³/mol. The lowest BCUT2D eigenvalue weighted by molar-refractivity contribution is -0.139. The third-order valence-corrected chi connectivity index (χ3v) is 2.75. The molecule has 0 amide bonds. The maximum atomic E-state index is 11.8. The van der Waals surface area contributed by atoms with Crippen molar-refractivity contribution >= 4 is 11.6 Å². The number of rotatable bonds is 4. The van der Waals surface area contributed by atoms with Crippen LogP contribution in [0.15, 0.2) is 0 Å². The van der Waals surface area contributed by atoms with E-state index >= 15 is 0 Å². The van der Waals surface area contributed by atoms with Crippen molar-refractivity contribution in [1.82, 2.24) is 4.90 Å². The minimum atomic E-state index is -4.09. The molecule has 0 saturated heterocycles. The van der Waals surface area contributed by atoms with Gasteiger partial charge in [0, 0.05) is 18.0 Å². The van der Waals surface area contributed by atoms with E-state index in [4.69, 9.17) is 11.6 Å². The van der Waals surface area contributed by atoms with Crippen LogP contribution in [0.5, 0.6) is 0 Å². The van der Waals surface area contributed by atoms with Gasteiger partial charge in [-0.25, -0.2) is 0 Å². The molecule has 0 aromatic carbocycles. The second-order valence-corrected chi connectivity index (χ2v) is 4.00. The maximum absolute atomic E-state index is 11.8. The fourth-order valence-corrected chi connectivity index (χ4v) is 0.903. The third-order valence-electron chi connectivity index (χ3n) is 2.09. The second-order valence-electron chi connectivity index (χ2n) is 3.73. The lowest BCUT2D eigenvalue weighted by Crippen LogP contribution is -2.44. The predicted octanol–water partition coefficient (Wildman–Crippen LogP) is 2.89. The fraction of sp³-hybridized carbons (Fsp3) is 1.00. The molecule has 0 aromatic heterocycles. The average molecular weight is 218 g/mol. The first kappa shape index (κ1) is 13.0. The van der Waals surface area contributed by atoms with E-state index in [1.807, 2.05) is 13.8 Å². The summed E-state index contributed by atoms with van der Waals surface area (Å²) in [6, 6.07) is 0. The van der Waals surface area contributed by atoms with Crippen molar-refractivity contribution in [3.8, 4) is 0 Å². The van der Waals surface area contributed by atoms with E-state index in [0.29, 0.717) is 5.88 Å². The number of halogens is 4. The normalized spacial score (nSPS) is 13.8. The van der Waals surface area contributed by atoms with Gasteiger partial charge in [0.25, 0.3) is 0 Å². The molecule has 0 rings (SSSR count). The molecule has 0 aliphatic heterocycles. The van der Waals surface area contributed by atoms with Gasteiger partial charge in [-0.15, -0.1) is 11.6 Å². The molecule has 0 bridgehead atoms. The molecule has 0 aromatic rings. The van der Waals surface area contributed by atoms with Gasteiger partial charge in [-0.3, -0.25) is 4.90 Å². The Labute approximate surface area is 81.9 Å². The summed E-state index contributed by atoms with van der Waals surface area (Å²) in [6.07, 6.45) is -4.87. The first-order chi connectivity index (χ1) is 5.69. The highest BCUT2D eigenvalue weighted by Gasteiger charge is 2.30. The minimum Gasteiger partial charge on any atom is -0.300 e. The van der Waals surface area contributed by atoms with Gasteiger partial charge in [0.15, 0.2) is 0 Å². The Morgan fingerprint density at radius 1 is 1.23 bits per heavy atom. The Morgan fingerprint density at radius 2 is 1.69 bits per heavy atom. The Morgan fingerprint density at radius 3 is 2.00 bits per heavy atom. The topological polar surface area (TPSA) is 3.24 Å². The van der Waals surface area contributed by atoms with Crippen molar-refractivity contribution in [3.63, 3.8) is 0 Å². The molecule has 0 spiro atoms. The molecule has 0 atom stereocenters. The van der Waals surface area contributed by atoms with Gasteiger partial charge in [-0.1, -0.05) is 0 Å². The van der Waals surface area contributed by atoms with Gasteiger partial charge in [-0.2, -0.15) is 13.2 Å². The smallest absolute Gasteiger partial charge is 0.300 e. The zero-order valence-corrected chi connectivity index (χ0v) is 8.84. The summed E-state index contributed by atoms with van der Waals surface area (Å²) in [5.41, 5.74) is -0.382. The largest absolute Gasteiger partial charge is 0.390 e. The molecule has 5 heteroatoms. The van der Waals surface area contributed by atoms with E-state index in [2.05, 4.69) is 0 Å². The average Bonchev–Trinajstić information content (AvgIpc) is 1.98. The molecule has 0 aliphatic rings. The Hall–Kier alpha value is 0.0400. The molecule has 0 radical (unpaired) electrons. The van der Waals surface area contributed by atoms with Crippen LogP contribution >= 0.6 is 11.6 Å². The van der Waals surface area contributed by atoms with Gasteiger partial charge in [0.2, 0.25) is 0 Å². The minimum absolute atomic E-state index is 0.0107. The SMILES string of the molecule is CN(CCC(F)(F)F)C(C)(C)CCl. The van der Waals surface area contributed by atoms with Crippen molar-refractivity contribution in [1.29, 1.82) is 0 Å². The van der Waals surface area contributed by atoms with Crippen molar-refractivity contribution in [3.05, 3.63) is 0 Å². The highest BCUT2D eigenvalue weighted by molar-refractivity contribution is 6.18. The second kappa shape index (κ2) is 4.51. The summed E-state index contributed by atoms with van der Waals surface area (Å²) in [6.45, 7) is 3.62. The molecular weight excluding hydrogens is 203 g/mol. The van der Waals surface area contributed by atoms with Crippen LogP contribution in [0.3, 0.4) is 0 Å². The van der Waals surface area contributed by atoms with Crippen LogP contribution in [0.25, 0.3) is 0 Å². The highest BCUT2D eigenvalue weighted by atomic mass is 35.5. The third kappa shape index (κ3) is 5.37. The Balaban J connectivity index is 3.95. The van der Waals surface area contributed by atoms with Gasteiger partial charge in [0.1, 0.15) is 0 Å². The standard InChI is InChI=1S/C8H15ClF3N/c1-7(2,6-9)13(3)5-4-8(10,11)12/h4-6H2,1-3H3. The zero-order valence-electron chi connectivity index (χ0n) is 8.08. The molecule has 1 nitrogen and oxygen atoms in total. The fourth-order valence-electron chi connectivity index (χ4n) is 0.699. The molecule has 0 aliphatic carbocycles. The number of hydrogen-bond donors (Lipinski definition) is 0. The van der Waals surface area contributed by atoms with Gasteiger partial charge >= 0.3 is 6.18 Å². The zero-order chi connectivity index (χ0) is 10.7. The van der Waals surface area contributed by atoms with Crippen molar-refractivity contribution in [2.45, 2.75) is 32.0 Å². The van der Waals surface area contributed by atoms with E-state index in [-0.39, 0.29) is 12.1 Å². The quantitative estimate of drug-likeness (QED) is 0.655. The number of nitrogens with zero attached hydrogens (tertiary/aromatic N) is 1. The lowest BCUT2D eigenvalue weighted by atomic mass is 10.1. The molecule has 0 unspecified atom stereocenters. The van der Waals surface area contributed by atoms with E-state index in [1.54, 1.807) is 11.9 Å². The van der Waals surface area contributed by atoms with Crippen LogP contribution in [0, 0.1) is 0 Å². The van der Waals surface area contributed by atoms with Crippen LogP contribution in [-0.2, 0) is 0 Å². The van der Waals surface area contributed by atoms with Crippen LogP contribution in [0.2, 0.25) is 0 Å². The molecule has 0 heterocycles. The Kier molecular flexibility index (Phi) is 4.52. The highest BCUT2D eigenvalue weighted by Crippen LogP contribution is 2.22. The summed E-state index contributed by atoms with van der Waals surface area (Å²) < 4.78 is 35.5.